The van der Waals surface area contributed by atoms with Crippen molar-refractivity contribution in [2.24, 2.45) is 5.41 Å². The van der Waals surface area contributed by atoms with Crippen molar-refractivity contribution in [2.45, 2.75) is 46.1 Å². The number of amides is 2. The smallest absolute Gasteiger partial charge is 0.245 e. The van der Waals surface area contributed by atoms with Crippen LogP contribution in [0.4, 0.5) is 0 Å². The molecule has 1 aliphatic rings. The quantitative estimate of drug-likeness (QED) is 0.766. The van der Waals surface area contributed by atoms with Crippen molar-refractivity contribution >= 4 is 11.8 Å². The van der Waals surface area contributed by atoms with Crippen molar-refractivity contribution in [1.29, 1.82) is 0 Å². The molecule has 1 aromatic rings. The molecular formula is C21H32N2O4. The second-order valence-corrected chi connectivity index (χ2v) is 8.11. The molecule has 0 bridgehead atoms. The highest BCUT2D eigenvalue weighted by Gasteiger charge is 2.39. The van der Waals surface area contributed by atoms with Gasteiger partial charge < -0.3 is 19.3 Å². The molecule has 150 valence electrons. The number of carbonyl (C=O) groups excluding carboxylic acids is 2. The predicted molar refractivity (Wildman–Crippen MR) is 105 cm³/mol. The molecule has 0 aromatic heterocycles. The number of hydrogen-bond acceptors (Lipinski definition) is 4. The van der Waals surface area contributed by atoms with Crippen molar-refractivity contribution in [3.63, 3.8) is 0 Å². The fourth-order valence-electron chi connectivity index (χ4n) is 3.39. The van der Waals surface area contributed by atoms with Crippen molar-refractivity contribution in [2.75, 3.05) is 34.4 Å². The summed E-state index contributed by atoms with van der Waals surface area (Å²) >= 11 is 0. The van der Waals surface area contributed by atoms with Crippen molar-refractivity contribution in [3.8, 4) is 11.5 Å². The van der Waals surface area contributed by atoms with Gasteiger partial charge in [0, 0.05) is 25.6 Å². The van der Waals surface area contributed by atoms with Gasteiger partial charge >= 0.3 is 0 Å². The highest BCUT2D eigenvalue weighted by atomic mass is 16.5. The molecule has 1 unspecified atom stereocenters. The molecule has 27 heavy (non-hydrogen) atoms. The number of ether oxygens (including phenoxy) is 2. The van der Waals surface area contributed by atoms with Crippen LogP contribution in [0.5, 0.6) is 11.5 Å². The average Bonchev–Trinajstić information content (AvgIpc) is 3.13. The number of likely N-dealkylation sites (N-methyl/N-ethyl adjacent to an activating group) is 1. The van der Waals surface area contributed by atoms with Gasteiger partial charge in [-0.1, -0.05) is 26.8 Å². The van der Waals surface area contributed by atoms with Gasteiger partial charge in [0.25, 0.3) is 0 Å². The largest absolute Gasteiger partial charge is 0.493 e. The van der Waals surface area contributed by atoms with Crippen molar-refractivity contribution < 1.29 is 19.1 Å². The van der Waals surface area contributed by atoms with Crippen LogP contribution in [0.2, 0.25) is 0 Å². The maximum absolute atomic E-state index is 12.9. The normalized spacial score (nSPS) is 17.0. The van der Waals surface area contributed by atoms with E-state index >= 15 is 0 Å². The second-order valence-electron chi connectivity index (χ2n) is 8.11. The monoisotopic (exact) mass is 376 g/mol. The van der Waals surface area contributed by atoms with E-state index in [1.54, 1.807) is 31.1 Å². The minimum Gasteiger partial charge on any atom is -0.493 e. The van der Waals surface area contributed by atoms with Crippen LogP contribution in [-0.2, 0) is 16.0 Å². The minimum atomic E-state index is -0.471. The molecule has 2 rings (SSSR count). The van der Waals surface area contributed by atoms with Crippen molar-refractivity contribution in [1.82, 2.24) is 9.80 Å². The van der Waals surface area contributed by atoms with Crippen LogP contribution in [0.25, 0.3) is 0 Å². The molecule has 6 nitrogen and oxygen atoms in total. The summed E-state index contributed by atoms with van der Waals surface area (Å²) in [4.78, 5) is 29.1. The Hall–Kier alpha value is -2.24. The van der Waals surface area contributed by atoms with E-state index in [0.717, 1.165) is 18.4 Å². The molecule has 0 radical (unpaired) electrons. The van der Waals surface area contributed by atoms with Crippen LogP contribution >= 0.6 is 0 Å². The molecule has 2 amide bonds. The van der Waals surface area contributed by atoms with Crippen LogP contribution in [0, 0.1) is 5.41 Å². The zero-order valence-electron chi connectivity index (χ0n) is 17.4. The van der Waals surface area contributed by atoms with Gasteiger partial charge in [-0.25, -0.2) is 0 Å². The van der Waals surface area contributed by atoms with Crippen LogP contribution in [-0.4, -0.2) is 62.0 Å². The summed E-state index contributed by atoms with van der Waals surface area (Å²) in [5.41, 5.74) is 0.600. The maximum atomic E-state index is 12.9. The summed E-state index contributed by atoms with van der Waals surface area (Å²) in [6.45, 7) is 6.94. The second kappa shape index (κ2) is 8.63. The molecule has 1 aromatic carbocycles. The number of likely N-dealkylation sites (tertiary alicyclic amines) is 1. The zero-order valence-corrected chi connectivity index (χ0v) is 17.4. The number of hydrogen-bond donors (Lipinski definition) is 0. The topological polar surface area (TPSA) is 59.1 Å². The number of rotatable bonds is 6. The van der Waals surface area contributed by atoms with Crippen LogP contribution in [0.3, 0.4) is 0 Å². The molecular weight excluding hydrogens is 344 g/mol. The highest BCUT2D eigenvalue weighted by Crippen LogP contribution is 2.28. The lowest BCUT2D eigenvalue weighted by Crippen LogP contribution is -2.50. The van der Waals surface area contributed by atoms with Gasteiger partial charge in [-0.15, -0.1) is 0 Å². The van der Waals surface area contributed by atoms with E-state index < -0.39 is 5.41 Å². The lowest BCUT2D eigenvalue weighted by Gasteiger charge is -2.32. The lowest BCUT2D eigenvalue weighted by atomic mass is 9.94. The molecule has 1 aliphatic heterocycles. The molecule has 0 aliphatic carbocycles. The fraction of sp³-hybridized carbons (Fsp3) is 0.619. The Morgan fingerprint density at radius 1 is 1.19 bits per heavy atom. The standard InChI is InChI=1S/C21H32N2O4/c1-21(2,3)20(25)23-12-7-8-16(23)19(24)22(4)13-11-15-9-10-17(26-5)18(14-15)27-6/h9-10,14,16H,7-8,11-13H2,1-6H3. The third kappa shape index (κ3) is 4.93. The number of carbonyl (C=O) groups is 2. The van der Waals surface area contributed by atoms with Crippen LogP contribution in [0.1, 0.15) is 39.2 Å². The molecule has 0 N–H and O–H groups in total. The Labute approximate surface area is 162 Å². The van der Waals surface area contributed by atoms with Gasteiger partial charge in [0.2, 0.25) is 11.8 Å². The summed E-state index contributed by atoms with van der Waals surface area (Å²) in [6.07, 6.45) is 2.33. The Morgan fingerprint density at radius 3 is 2.44 bits per heavy atom. The Bertz CT molecular complexity index is 681. The van der Waals surface area contributed by atoms with E-state index in [4.69, 9.17) is 9.47 Å². The first-order valence-electron chi connectivity index (χ1n) is 9.46. The first-order valence-corrected chi connectivity index (χ1v) is 9.46. The minimum absolute atomic E-state index is 0.0191. The molecule has 1 fully saturated rings. The van der Waals surface area contributed by atoms with Gasteiger partial charge in [-0.3, -0.25) is 9.59 Å². The van der Waals surface area contributed by atoms with Gasteiger partial charge in [-0.05, 0) is 37.0 Å². The molecule has 1 saturated heterocycles. The van der Waals surface area contributed by atoms with E-state index in [0.29, 0.717) is 31.0 Å². The van der Waals surface area contributed by atoms with E-state index in [9.17, 15) is 9.59 Å². The molecule has 1 heterocycles. The lowest BCUT2D eigenvalue weighted by molar-refractivity contribution is -0.147. The maximum Gasteiger partial charge on any atom is 0.245 e. The summed E-state index contributed by atoms with van der Waals surface area (Å²) in [5, 5.41) is 0. The zero-order chi connectivity index (χ0) is 20.2. The summed E-state index contributed by atoms with van der Waals surface area (Å²) in [6, 6.07) is 5.44. The number of benzene rings is 1. The average molecular weight is 376 g/mol. The molecule has 1 atom stereocenters. The molecule has 6 heteroatoms. The Morgan fingerprint density at radius 2 is 1.85 bits per heavy atom. The van der Waals surface area contributed by atoms with Gasteiger partial charge in [-0.2, -0.15) is 0 Å². The summed E-state index contributed by atoms with van der Waals surface area (Å²) < 4.78 is 10.6. The summed E-state index contributed by atoms with van der Waals surface area (Å²) in [5.74, 6) is 1.44. The van der Waals surface area contributed by atoms with Gasteiger partial charge in [0.15, 0.2) is 11.5 Å². The van der Waals surface area contributed by atoms with E-state index in [1.807, 2.05) is 39.0 Å². The molecule has 0 spiro atoms. The molecule has 0 saturated carbocycles. The Balaban J connectivity index is 2.00. The fourth-order valence-corrected chi connectivity index (χ4v) is 3.39. The summed E-state index contributed by atoms with van der Waals surface area (Å²) in [7, 11) is 5.02. The van der Waals surface area contributed by atoms with E-state index in [1.165, 1.54) is 0 Å². The SMILES string of the molecule is COc1ccc(CCN(C)C(=O)C2CCCN2C(=O)C(C)(C)C)cc1OC. The van der Waals surface area contributed by atoms with Gasteiger partial charge in [0.05, 0.1) is 14.2 Å². The highest BCUT2D eigenvalue weighted by molar-refractivity contribution is 5.90. The first kappa shape index (κ1) is 21.1. The third-order valence-corrected chi connectivity index (χ3v) is 5.00. The third-order valence-electron chi connectivity index (χ3n) is 5.00. The van der Waals surface area contributed by atoms with Crippen molar-refractivity contribution in [3.05, 3.63) is 23.8 Å². The Kier molecular flexibility index (Phi) is 6.73. The van der Waals surface area contributed by atoms with Gasteiger partial charge in [0.1, 0.15) is 6.04 Å². The number of methoxy groups -OCH3 is 2. The predicted octanol–water partition coefficient (Wildman–Crippen LogP) is 2.74. The van der Waals surface area contributed by atoms with Crippen LogP contribution < -0.4 is 9.47 Å². The van der Waals surface area contributed by atoms with E-state index in [2.05, 4.69) is 0 Å². The first-order chi connectivity index (χ1) is 12.7. The van der Waals surface area contributed by atoms with E-state index in [-0.39, 0.29) is 17.9 Å². The number of nitrogens with zero attached hydrogens (tertiary/aromatic N) is 2. The van der Waals surface area contributed by atoms with Crippen LogP contribution in [0.15, 0.2) is 18.2 Å².